The van der Waals surface area contributed by atoms with Crippen LogP contribution in [0.25, 0.3) is 11.1 Å². The molecule has 0 unspecified atom stereocenters. The van der Waals surface area contributed by atoms with E-state index in [-0.39, 0.29) is 44.6 Å². The van der Waals surface area contributed by atoms with Crippen molar-refractivity contribution in [2.45, 2.75) is 12.3 Å². The monoisotopic (exact) mass is 474 g/mol. The highest BCUT2D eigenvalue weighted by Gasteiger charge is 2.29. The van der Waals surface area contributed by atoms with Gasteiger partial charge in [-0.25, -0.2) is 4.79 Å². The van der Waals surface area contributed by atoms with E-state index in [4.69, 9.17) is 14.6 Å². The van der Waals surface area contributed by atoms with Crippen LogP contribution in [0.3, 0.4) is 0 Å². The Balaban J connectivity index is 1.25. The third-order valence-corrected chi connectivity index (χ3v) is 5.73. The lowest BCUT2D eigenvalue weighted by Crippen LogP contribution is -2.27. The molecule has 0 saturated heterocycles. The lowest BCUT2D eigenvalue weighted by atomic mass is 9.98. The Morgan fingerprint density at radius 1 is 0.829 bits per heavy atom. The van der Waals surface area contributed by atoms with E-state index in [1.807, 2.05) is 24.3 Å². The van der Waals surface area contributed by atoms with Gasteiger partial charge < -0.3 is 19.9 Å². The van der Waals surface area contributed by atoms with Gasteiger partial charge in [0.15, 0.2) is 0 Å². The molecule has 4 rings (SSSR count). The average molecular weight is 475 g/mol. The maximum Gasteiger partial charge on any atom is 0.411 e. The summed E-state index contributed by atoms with van der Waals surface area (Å²) in [6.07, 6.45) is -0.644. The summed E-state index contributed by atoms with van der Waals surface area (Å²) in [5, 5.41) is 13.9. The number of nitrogens with one attached hydrogen (secondary N) is 2. The van der Waals surface area contributed by atoms with Crippen LogP contribution >= 0.6 is 0 Å². The third-order valence-electron chi connectivity index (χ3n) is 5.73. The number of aliphatic carboxylic acids is 1. The summed E-state index contributed by atoms with van der Waals surface area (Å²) in [5.41, 5.74) is 5.55. The molecule has 0 aromatic heterocycles. The molecule has 0 atom stereocenters. The van der Waals surface area contributed by atoms with Crippen LogP contribution in [0, 0.1) is 0 Å². The zero-order chi connectivity index (χ0) is 24.6. The number of carboxylic acids is 1. The predicted octanol–water partition coefficient (Wildman–Crippen LogP) is 4.27. The predicted molar refractivity (Wildman–Crippen MR) is 131 cm³/mol. The fourth-order valence-electron chi connectivity index (χ4n) is 4.06. The molecule has 3 aromatic rings. The van der Waals surface area contributed by atoms with Gasteiger partial charge in [-0.05, 0) is 46.5 Å². The van der Waals surface area contributed by atoms with E-state index in [2.05, 4.69) is 34.9 Å². The summed E-state index contributed by atoms with van der Waals surface area (Å²) in [6, 6.07) is 22.7. The Hall–Kier alpha value is -4.17. The molecule has 0 spiro atoms. The molecule has 35 heavy (non-hydrogen) atoms. The summed E-state index contributed by atoms with van der Waals surface area (Å²) in [6.45, 7) is 0.801. The molecule has 0 fully saturated rings. The molecule has 0 radical (unpaired) electrons. The van der Waals surface area contributed by atoms with Crippen LogP contribution in [0.5, 0.6) is 0 Å². The zero-order valence-corrected chi connectivity index (χ0v) is 19.0. The molecule has 0 saturated carbocycles. The van der Waals surface area contributed by atoms with Crippen LogP contribution in [0.4, 0.5) is 10.5 Å². The molecule has 1 aliphatic carbocycles. The Kier molecular flexibility index (Phi) is 7.74. The molecule has 8 nitrogen and oxygen atoms in total. The van der Waals surface area contributed by atoms with E-state index in [1.54, 1.807) is 24.3 Å². The Morgan fingerprint density at radius 2 is 1.46 bits per heavy atom. The van der Waals surface area contributed by atoms with Crippen molar-refractivity contribution in [1.82, 2.24) is 5.32 Å². The van der Waals surface area contributed by atoms with E-state index in [1.165, 1.54) is 0 Å². The molecule has 0 heterocycles. The van der Waals surface area contributed by atoms with Crippen LogP contribution in [-0.2, 0) is 14.3 Å². The molecular formula is C27H26N2O6. The Morgan fingerprint density at radius 3 is 2.09 bits per heavy atom. The molecule has 3 aromatic carbocycles. The minimum Gasteiger partial charge on any atom is -0.481 e. The number of benzene rings is 3. The smallest absolute Gasteiger partial charge is 0.411 e. The number of carbonyl (C=O) groups is 3. The minimum atomic E-state index is -0.930. The minimum absolute atomic E-state index is 0.0210. The number of ether oxygens (including phenoxy) is 2. The number of rotatable bonds is 10. The highest BCUT2D eigenvalue weighted by atomic mass is 16.5. The number of fused-ring (bicyclic) bond motifs is 3. The van der Waals surface area contributed by atoms with Gasteiger partial charge >= 0.3 is 12.1 Å². The number of amides is 2. The summed E-state index contributed by atoms with van der Waals surface area (Å²) >= 11 is 0. The summed E-state index contributed by atoms with van der Waals surface area (Å²) in [7, 11) is 0. The van der Waals surface area contributed by atoms with Gasteiger partial charge in [0.1, 0.15) is 6.61 Å². The topological polar surface area (TPSA) is 114 Å². The number of hydrogen-bond acceptors (Lipinski definition) is 5. The van der Waals surface area contributed by atoms with Crippen molar-refractivity contribution < 1.29 is 29.0 Å². The molecule has 2 amide bonds. The standard InChI is InChI=1S/C27H26N2O6/c30-25(31)13-15-34-16-14-28-26(32)18-9-11-19(12-10-18)29-27(33)35-17-24-22-7-3-1-5-20(22)21-6-2-4-8-23(21)24/h1-12,24H,13-17H2,(H,28,32)(H,29,33)(H,30,31). The highest BCUT2D eigenvalue weighted by Crippen LogP contribution is 2.44. The second-order valence-corrected chi connectivity index (χ2v) is 8.04. The first-order valence-electron chi connectivity index (χ1n) is 11.3. The highest BCUT2D eigenvalue weighted by molar-refractivity contribution is 5.95. The first-order valence-corrected chi connectivity index (χ1v) is 11.3. The normalized spacial score (nSPS) is 11.9. The zero-order valence-electron chi connectivity index (χ0n) is 19.0. The van der Waals surface area contributed by atoms with Gasteiger partial charge in [0.25, 0.3) is 5.91 Å². The fourth-order valence-corrected chi connectivity index (χ4v) is 4.06. The first kappa shape index (κ1) is 24.0. The lowest BCUT2D eigenvalue weighted by molar-refractivity contribution is -0.138. The van der Waals surface area contributed by atoms with E-state index < -0.39 is 12.1 Å². The molecule has 0 aliphatic heterocycles. The number of carboxylic acid groups (broad SMARTS) is 1. The summed E-state index contributed by atoms with van der Waals surface area (Å²) in [4.78, 5) is 35.0. The maximum atomic E-state index is 12.4. The van der Waals surface area contributed by atoms with E-state index >= 15 is 0 Å². The quantitative estimate of drug-likeness (QED) is 0.378. The first-order chi connectivity index (χ1) is 17.0. The molecule has 180 valence electrons. The van der Waals surface area contributed by atoms with E-state index in [0.717, 1.165) is 22.3 Å². The SMILES string of the molecule is O=C(O)CCOCCNC(=O)c1ccc(NC(=O)OCC2c3ccccc3-c3ccccc32)cc1. The van der Waals surface area contributed by atoms with Gasteiger partial charge in [-0.15, -0.1) is 0 Å². The molecular weight excluding hydrogens is 448 g/mol. The van der Waals surface area contributed by atoms with E-state index in [9.17, 15) is 14.4 Å². The second kappa shape index (κ2) is 11.3. The van der Waals surface area contributed by atoms with Crippen molar-refractivity contribution in [2.24, 2.45) is 0 Å². The van der Waals surface area contributed by atoms with Gasteiger partial charge in [-0.2, -0.15) is 0 Å². The Labute approximate surface area is 202 Å². The van der Waals surface area contributed by atoms with Crippen molar-refractivity contribution in [3.63, 3.8) is 0 Å². The van der Waals surface area contributed by atoms with E-state index in [0.29, 0.717) is 11.3 Å². The van der Waals surface area contributed by atoms with Crippen LogP contribution in [-0.4, -0.2) is 49.4 Å². The summed E-state index contributed by atoms with van der Waals surface area (Å²) in [5.74, 6) is -1.24. The molecule has 1 aliphatic rings. The van der Waals surface area contributed by atoms with Crippen molar-refractivity contribution in [2.75, 3.05) is 31.7 Å². The van der Waals surface area contributed by atoms with Crippen molar-refractivity contribution >= 4 is 23.7 Å². The van der Waals surface area contributed by atoms with Crippen molar-refractivity contribution in [3.05, 3.63) is 89.5 Å². The average Bonchev–Trinajstić information content (AvgIpc) is 3.19. The van der Waals surface area contributed by atoms with Crippen LogP contribution in [0.1, 0.15) is 33.8 Å². The number of anilines is 1. The van der Waals surface area contributed by atoms with Crippen LogP contribution < -0.4 is 10.6 Å². The number of carbonyl (C=O) groups excluding carboxylic acids is 2. The van der Waals surface area contributed by atoms with Crippen molar-refractivity contribution in [3.8, 4) is 11.1 Å². The number of hydrogen-bond donors (Lipinski definition) is 3. The van der Waals surface area contributed by atoms with Crippen molar-refractivity contribution in [1.29, 1.82) is 0 Å². The van der Waals surface area contributed by atoms with Crippen LogP contribution in [0.15, 0.2) is 72.8 Å². The lowest BCUT2D eigenvalue weighted by Gasteiger charge is -2.14. The van der Waals surface area contributed by atoms with Gasteiger partial charge in [0.2, 0.25) is 0 Å². The second-order valence-electron chi connectivity index (χ2n) is 8.04. The largest absolute Gasteiger partial charge is 0.481 e. The van der Waals surface area contributed by atoms with Gasteiger partial charge in [-0.3, -0.25) is 14.9 Å². The van der Waals surface area contributed by atoms with Gasteiger partial charge in [0.05, 0.1) is 19.6 Å². The molecule has 8 heteroatoms. The van der Waals surface area contributed by atoms with Gasteiger partial charge in [-0.1, -0.05) is 48.5 Å². The maximum absolute atomic E-state index is 12.4. The molecule has 3 N–H and O–H groups in total. The Bertz CT molecular complexity index is 1160. The molecule has 0 bridgehead atoms. The van der Waals surface area contributed by atoms with Crippen LogP contribution in [0.2, 0.25) is 0 Å². The third kappa shape index (κ3) is 6.04. The van der Waals surface area contributed by atoms with Gasteiger partial charge in [0, 0.05) is 23.7 Å². The summed E-state index contributed by atoms with van der Waals surface area (Å²) < 4.78 is 10.7. The fraction of sp³-hybridized carbons (Fsp3) is 0.222.